The first-order valence-electron chi connectivity index (χ1n) is 8.57. The van der Waals surface area contributed by atoms with Gasteiger partial charge in [0.05, 0.1) is 11.7 Å². The lowest BCUT2D eigenvalue weighted by Crippen LogP contribution is -2.34. The molecular weight excluding hydrogens is 332 g/mol. The zero-order valence-corrected chi connectivity index (χ0v) is 15.2. The summed E-state index contributed by atoms with van der Waals surface area (Å²) in [5.74, 6) is 0.269. The van der Waals surface area contributed by atoms with E-state index in [1.165, 1.54) is 17.9 Å². The Morgan fingerprint density at radius 2 is 2.00 bits per heavy atom. The van der Waals surface area contributed by atoms with Gasteiger partial charge in [0.2, 0.25) is 0 Å². The summed E-state index contributed by atoms with van der Waals surface area (Å²) in [7, 11) is 1.41. The zero-order chi connectivity index (χ0) is 18.8. The third-order valence-corrected chi connectivity index (χ3v) is 4.42. The molecule has 8 heteroatoms. The van der Waals surface area contributed by atoms with Gasteiger partial charge in [-0.05, 0) is 52.4 Å². The Hall–Kier alpha value is -1.70. The van der Waals surface area contributed by atoms with Gasteiger partial charge in [-0.25, -0.2) is 13.6 Å². The fourth-order valence-electron chi connectivity index (χ4n) is 3.02. The molecule has 142 valence electrons. The average Bonchev–Trinajstić information content (AvgIpc) is 2.98. The summed E-state index contributed by atoms with van der Waals surface area (Å²) >= 11 is 0. The zero-order valence-electron chi connectivity index (χ0n) is 15.2. The van der Waals surface area contributed by atoms with Gasteiger partial charge in [-0.2, -0.15) is 5.10 Å². The largest absolute Gasteiger partial charge is 0.443 e. The van der Waals surface area contributed by atoms with Crippen LogP contribution < -0.4 is 4.90 Å². The average molecular weight is 359 g/mol. The Labute approximate surface area is 146 Å². The second-order valence-corrected chi connectivity index (χ2v) is 7.58. The summed E-state index contributed by atoms with van der Waals surface area (Å²) in [5, 5.41) is 13.3. The van der Waals surface area contributed by atoms with Crippen molar-refractivity contribution in [1.82, 2.24) is 9.78 Å². The van der Waals surface area contributed by atoms with Crippen molar-refractivity contribution in [2.24, 2.45) is 5.92 Å². The van der Waals surface area contributed by atoms with E-state index in [1.807, 2.05) is 0 Å². The number of ether oxygens (including phenoxy) is 1. The maximum atomic E-state index is 13.4. The van der Waals surface area contributed by atoms with Crippen molar-refractivity contribution in [3.8, 4) is 0 Å². The highest BCUT2D eigenvalue weighted by Gasteiger charge is 2.30. The van der Waals surface area contributed by atoms with Gasteiger partial charge in [0.1, 0.15) is 5.60 Å². The van der Waals surface area contributed by atoms with Crippen LogP contribution in [0.1, 0.15) is 64.6 Å². The molecule has 0 atom stereocenters. The van der Waals surface area contributed by atoms with Crippen LogP contribution in [0.25, 0.3) is 0 Å². The standard InChI is InChI=1S/C17H27F2N3O3/c1-17(2,3)25-16(24)21(4)13-9-22(20-14(13)15(18)19)12-7-5-11(10-23)6-8-12/h9,11-12,15,23H,5-8,10H2,1-4H3/t11-,12-. The predicted molar refractivity (Wildman–Crippen MR) is 89.9 cm³/mol. The Kier molecular flexibility index (Phi) is 6.03. The molecule has 2 rings (SSSR count). The number of aliphatic hydroxyl groups excluding tert-OH is 1. The van der Waals surface area contributed by atoms with Crippen LogP contribution in [0.5, 0.6) is 0 Å². The Bertz CT molecular complexity index is 590. The molecule has 1 saturated carbocycles. The second-order valence-electron chi connectivity index (χ2n) is 7.58. The summed E-state index contributed by atoms with van der Waals surface area (Å²) < 4.78 is 33.6. The highest BCUT2D eigenvalue weighted by molar-refractivity contribution is 5.87. The minimum Gasteiger partial charge on any atom is -0.443 e. The van der Waals surface area contributed by atoms with E-state index in [4.69, 9.17) is 4.74 Å². The SMILES string of the molecule is CN(C(=O)OC(C)(C)C)c1cn([C@H]2CC[C@H](CO)CC2)nc1C(F)F. The number of hydrogen-bond acceptors (Lipinski definition) is 4. The molecule has 1 aromatic rings. The molecule has 1 fully saturated rings. The molecule has 0 radical (unpaired) electrons. The number of rotatable bonds is 4. The summed E-state index contributed by atoms with van der Waals surface area (Å²) in [6.45, 7) is 5.31. The van der Waals surface area contributed by atoms with E-state index in [2.05, 4.69) is 5.10 Å². The van der Waals surface area contributed by atoms with Crippen molar-refractivity contribution in [1.29, 1.82) is 0 Å². The first-order chi connectivity index (χ1) is 11.6. The maximum Gasteiger partial charge on any atom is 0.414 e. The maximum absolute atomic E-state index is 13.4. The lowest BCUT2D eigenvalue weighted by atomic mass is 9.87. The number of anilines is 1. The molecule has 0 saturated heterocycles. The summed E-state index contributed by atoms with van der Waals surface area (Å²) in [4.78, 5) is 13.3. The van der Waals surface area contributed by atoms with Crippen LogP contribution in [0.3, 0.4) is 0 Å². The van der Waals surface area contributed by atoms with Crippen molar-refractivity contribution in [3.05, 3.63) is 11.9 Å². The lowest BCUT2D eigenvalue weighted by Gasteiger charge is -2.27. The van der Waals surface area contributed by atoms with Gasteiger partial charge >= 0.3 is 6.09 Å². The lowest BCUT2D eigenvalue weighted by molar-refractivity contribution is 0.0588. The molecule has 0 unspecified atom stereocenters. The number of aromatic nitrogens is 2. The molecule has 0 bridgehead atoms. The van der Waals surface area contributed by atoms with E-state index in [-0.39, 0.29) is 24.3 Å². The van der Waals surface area contributed by atoms with Crippen molar-refractivity contribution >= 4 is 11.8 Å². The molecule has 25 heavy (non-hydrogen) atoms. The predicted octanol–water partition coefficient (Wildman–Crippen LogP) is 3.92. The normalized spacial score (nSPS) is 21.4. The number of hydrogen-bond donors (Lipinski definition) is 1. The highest BCUT2D eigenvalue weighted by atomic mass is 19.3. The molecule has 0 aromatic carbocycles. The first kappa shape index (κ1) is 19.6. The van der Waals surface area contributed by atoms with Crippen LogP contribution in [0.2, 0.25) is 0 Å². The third-order valence-electron chi connectivity index (χ3n) is 4.42. The Morgan fingerprint density at radius 3 is 2.48 bits per heavy atom. The summed E-state index contributed by atoms with van der Waals surface area (Å²) in [5.41, 5.74) is -1.07. The van der Waals surface area contributed by atoms with Gasteiger partial charge in [-0.1, -0.05) is 0 Å². The van der Waals surface area contributed by atoms with Crippen molar-refractivity contribution in [2.75, 3.05) is 18.6 Å². The molecule has 1 amide bonds. The van der Waals surface area contributed by atoms with Crippen LogP contribution in [0.4, 0.5) is 19.3 Å². The summed E-state index contributed by atoms with van der Waals surface area (Å²) in [6.07, 6.45) is 1.23. The van der Waals surface area contributed by atoms with E-state index in [9.17, 15) is 18.7 Å². The van der Waals surface area contributed by atoms with Crippen LogP contribution in [-0.4, -0.2) is 40.2 Å². The molecule has 0 spiro atoms. The molecular formula is C17H27F2N3O3. The van der Waals surface area contributed by atoms with Gasteiger partial charge in [-0.15, -0.1) is 0 Å². The number of nitrogens with zero attached hydrogens (tertiary/aromatic N) is 3. The van der Waals surface area contributed by atoms with Crippen molar-refractivity contribution in [2.45, 2.75) is 64.5 Å². The second kappa shape index (κ2) is 7.68. The van der Waals surface area contributed by atoms with Crippen LogP contribution in [0, 0.1) is 5.92 Å². The van der Waals surface area contributed by atoms with Crippen molar-refractivity contribution in [3.63, 3.8) is 0 Å². The van der Waals surface area contributed by atoms with Gasteiger partial charge in [0.15, 0.2) is 5.69 Å². The van der Waals surface area contributed by atoms with E-state index >= 15 is 0 Å². The molecule has 1 heterocycles. The van der Waals surface area contributed by atoms with Crippen LogP contribution in [-0.2, 0) is 4.74 Å². The molecule has 1 aliphatic carbocycles. The van der Waals surface area contributed by atoms with Crippen LogP contribution in [0.15, 0.2) is 6.20 Å². The van der Waals surface area contributed by atoms with E-state index in [0.717, 1.165) is 30.6 Å². The third kappa shape index (κ3) is 4.90. The quantitative estimate of drug-likeness (QED) is 0.885. The summed E-state index contributed by atoms with van der Waals surface area (Å²) in [6, 6.07) is 0.00101. The van der Waals surface area contributed by atoms with Crippen molar-refractivity contribution < 1.29 is 23.4 Å². The molecule has 1 N–H and O–H groups in total. The minimum atomic E-state index is -2.78. The van der Waals surface area contributed by atoms with E-state index in [0.29, 0.717) is 0 Å². The fourth-order valence-corrected chi connectivity index (χ4v) is 3.02. The first-order valence-corrected chi connectivity index (χ1v) is 8.57. The van der Waals surface area contributed by atoms with Gasteiger partial charge < -0.3 is 9.84 Å². The topological polar surface area (TPSA) is 67.6 Å². The molecule has 1 aliphatic rings. The number of alkyl halides is 2. The molecule has 0 aliphatic heterocycles. The monoisotopic (exact) mass is 359 g/mol. The number of amides is 1. The number of carbonyl (C=O) groups excluding carboxylic acids is 1. The fraction of sp³-hybridized carbons (Fsp3) is 0.765. The highest BCUT2D eigenvalue weighted by Crippen LogP contribution is 2.35. The molecule has 1 aromatic heterocycles. The van der Waals surface area contributed by atoms with E-state index in [1.54, 1.807) is 20.8 Å². The van der Waals surface area contributed by atoms with Gasteiger partial charge in [-0.3, -0.25) is 9.58 Å². The van der Waals surface area contributed by atoms with Crippen LogP contribution >= 0.6 is 0 Å². The van der Waals surface area contributed by atoms with Gasteiger partial charge in [0.25, 0.3) is 6.43 Å². The Balaban J connectivity index is 2.20. The minimum absolute atomic E-state index is 0.00101. The smallest absolute Gasteiger partial charge is 0.414 e. The molecule has 6 nitrogen and oxygen atoms in total. The Morgan fingerprint density at radius 1 is 1.40 bits per heavy atom. The van der Waals surface area contributed by atoms with E-state index < -0.39 is 23.8 Å². The number of carbonyl (C=O) groups is 1. The number of halogens is 2. The number of aliphatic hydroxyl groups is 1. The van der Waals surface area contributed by atoms with Gasteiger partial charge in [0, 0.05) is 19.9 Å².